The Morgan fingerprint density at radius 3 is 2.72 bits per heavy atom. The summed E-state index contributed by atoms with van der Waals surface area (Å²) >= 11 is 0. The van der Waals surface area contributed by atoms with E-state index in [0.29, 0.717) is 11.8 Å². The zero-order valence-electron chi connectivity index (χ0n) is 10.9. The lowest BCUT2D eigenvalue weighted by molar-refractivity contribution is -0.210. The molecular formula is C14H20O4. The van der Waals surface area contributed by atoms with Gasteiger partial charge in [-0.05, 0) is 31.6 Å². The molecule has 3 fully saturated rings. The van der Waals surface area contributed by atoms with Gasteiger partial charge in [-0.1, -0.05) is 6.92 Å². The number of rotatable bonds is 1. The molecule has 4 bridgehead atoms. The van der Waals surface area contributed by atoms with E-state index >= 15 is 0 Å². The van der Waals surface area contributed by atoms with Gasteiger partial charge in [0, 0.05) is 18.8 Å². The average molecular weight is 252 g/mol. The first-order valence-corrected chi connectivity index (χ1v) is 6.95. The van der Waals surface area contributed by atoms with E-state index in [-0.39, 0.29) is 36.0 Å². The summed E-state index contributed by atoms with van der Waals surface area (Å²) in [4.78, 5) is 23.2. The molecule has 0 aromatic carbocycles. The Labute approximate surface area is 107 Å². The number of ether oxygens (including phenoxy) is 2. The van der Waals surface area contributed by atoms with E-state index in [1.807, 2.05) is 0 Å². The van der Waals surface area contributed by atoms with Gasteiger partial charge in [0.2, 0.25) is 0 Å². The van der Waals surface area contributed by atoms with Gasteiger partial charge in [0.15, 0.2) is 0 Å². The zero-order chi connectivity index (χ0) is 12.9. The van der Waals surface area contributed by atoms with E-state index in [1.165, 1.54) is 6.92 Å². The zero-order valence-corrected chi connectivity index (χ0v) is 10.9. The van der Waals surface area contributed by atoms with Gasteiger partial charge in [-0.15, -0.1) is 0 Å². The molecule has 2 aliphatic carbocycles. The Morgan fingerprint density at radius 1 is 1.22 bits per heavy atom. The van der Waals surface area contributed by atoms with Crippen molar-refractivity contribution in [3.05, 3.63) is 0 Å². The van der Waals surface area contributed by atoms with Gasteiger partial charge in [0.25, 0.3) is 0 Å². The third-order valence-electron chi connectivity index (χ3n) is 4.98. The number of carbonyl (C=O) groups is 2. The fourth-order valence-electron chi connectivity index (χ4n) is 4.31. The van der Waals surface area contributed by atoms with Crippen LogP contribution in [0.25, 0.3) is 0 Å². The quantitative estimate of drug-likeness (QED) is 0.669. The minimum atomic E-state index is -0.233. The molecule has 0 N–H and O–H groups in total. The maximum absolute atomic E-state index is 12.0. The molecule has 4 nitrogen and oxygen atoms in total. The Morgan fingerprint density at radius 2 is 2.00 bits per heavy atom. The van der Waals surface area contributed by atoms with Crippen molar-refractivity contribution < 1.29 is 19.1 Å². The van der Waals surface area contributed by atoms with Crippen molar-refractivity contribution in [1.29, 1.82) is 0 Å². The molecule has 0 aromatic rings. The lowest BCUT2D eigenvalue weighted by Gasteiger charge is -2.53. The monoisotopic (exact) mass is 252 g/mol. The lowest BCUT2D eigenvalue weighted by atomic mass is 9.58. The second kappa shape index (κ2) is 4.25. The molecule has 4 heteroatoms. The van der Waals surface area contributed by atoms with Gasteiger partial charge >= 0.3 is 11.9 Å². The summed E-state index contributed by atoms with van der Waals surface area (Å²) in [5.41, 5.74) is 0. The molecule has 1 aliphatic heterocycles. The summed E-state index contributed by atoms with van der Waals surface area (Å²) in [5, 5.41) is 0. The molecular weight excluding hydrogens is 232 g/mol. The molecule has 100 valence electrons. The first kappa shape index (κ1) is 12.0. The fraction of sp³-hybridized carbons (Fsp3) is 0.857. The topological polar surface area (TPSA) is 52.6 Å². The molecule has 2 saturated carbocycles. The summed E-state index contributed by atoms with van der Waals surface area (Å²) in [6.45, 7) is 3.68. The number of carbonyl (C=O) groups excluding carboxylic acids is 2. The summed E-state index contributed by atoms with van der Waals surface area (Å²) in [6.07, 6.45) is 3.62. The SMILES string of the molecule is CC(=O)O[C@H]1CC[C@H]2OC(=O)[C@@H]3CC[C@H](C)[C@H]2[C@H]13. The van der Waals surface area contributed by atoms with Crippen molar-refractivity contribution in [2.45, 2.75) is 51.7 Å². The molecule has 3 aliphatic rings. The molecule has 6 atom stereocenters. The minimum absolute atomic E-state index is 0.0490. The number of hydrogen-bond donors (Lipinski definition) is 0. The van der Waals surface area contributed by atoms with Crippen LogP contribution in [0.2, 0.25) is 0 Å². The third kappa shape index (κ3) is 1.73. The van der Waals surface area contributed by atoms with Crippen molar-refractivity contribution in [3.63, 3.8) is 0 Å². The maximum atomic E-state index is 12.0. The normalized spacial score (nSPS) is 46.2. The van der Waals surface area contributed by atoms with Crippen LogP contribution in [0, 0.1) is 23.7 Å². The Bertz CT molecular complexity index is 378. The molecule has 18 heavy (non-hydrogen) atoms. The Hall–Kier alpha value is -1.06. The predicted molar refractivity (Wildman–Crippen MR) is 63.5 cm³/mol. The third-order valence-corrected chi connectivity index (χ3v) is 4.98. The second-order valence-corrected chi connectivity index (χ2v) is 6.02. The van der Waals surface area contributed by atoms with Crippen LogP contribution in [0.1, 0.15) is 39.5 Å². The Kier molecular flexibility index (Phi) is 2.83. The summed E-state index contributed by atoms with van der Waals surface area (Å²) in [5.74, 6) is 0.792. The summed E-state index contributed by atoms with van der Waals surface area (Å²) in [7, 11) is 0. The predicted octanol–water partition coefficient (Wildman–Crippen LogP) is 1.92. The van der Waals surface area contributed by atoms with Crippen LogP contribution in [0.3, 0.4) is 0 Å². The van der Waals surface area contributed by atoms with Crippen LogP contribution < -0.4 is 0 Å². The fourth-order valence-corrected chi connectivity index (χ4v) is 4.31. The van der Waals surface area contributed by atoms with Crippen molar-refractivity contribution >= 4 is 11.9 Å². The smallest absolute Gasteiger partial charge is 0.309 e. The molecule has 1 heterocycles. The summed E-state index contributed by atoms with van der Waals surface area (Å²) in [6, 6.07) is 0. The number of hydrogen-bond acceptors (Lipinski definition) is 4. The summed E-state index contributed by atoms with van der Waals surface area (Å²) < 4.78 is 11.0. The van der Waals surface area contributed by atoms with E-state index in [2.05, 4.69) is 6.92 Å². The molecule has 0 unspecified atom stereocenters. The van der Waals surface area contributed by atoms with Gasteiger partial charge in [-0.25, -0.2) is 0 Å². The highest BCUT2D eigenvalue weighted by molar-refractivity contribution is 5.74. The first-order chi connectivity index (χ1) is 8.58. The van der Waals surface area contributed by atoms with Crippen molar-refractivity contribution in [1.82, 2.24) is 0 Å². The largest absolute Gasteiger partial charge is 0.462 e. The maximum Gasteiger partial charge on any atom is 0.309 e. The minimum Gasteiger partial charge on any atom is -0.462 e. The highest BCUT2D eigenvalue weighted by atomic mass is 16.6. The van der Waals surface area contributed by atoms with Gasteiger partial charge < -0.3 is 9.47 Å². The van der Waals surface area contributed by atoms with Gasteiger partial charge in [0.1, 0.15) is 12.2 Å². The highest BCUT2D eigenvalue weighted by Gasteiger charge is 2.56. The van der Waals surface area contributed by atoms with Crippen molar-refractivity contribution in [2.75, 3.05) is 0 Å². The van der Waals surface area contributed by atoms with Crippen LogP contribution >= 0.6 is 0 Å². The second-order valence-electron chi connectivity index (χ2n) is 6.02. The molecule has 1 saturated heterocycles. The number of esters is 2. The first-order valence-electron chi connectivity index (χ1n) is 6.95. The highest BCUT2D eigenvalue weighted by Crippen LogP contribution is 2.52. The van der Waals surface area contributed by atoms with Crippen LogP contribution in [-0.4, -0.2) is 24.1 Å². The van der Waals surface area contributed by atoms with E-state index in [9.17, 15) is 9.59 Å². The molecule has 3 rings (SSSR count). The molecule has 0 spiro atoms. The van der Waals surface area contributed by atoms with Crippen LogP contribution in [0.5, 0.6) is 0 Å². The van der Waals surface area contributed by atoms with Crippen molar-refractivity contribution in [2.24, 2.45) is 23.7 Å². The van der Waals surface area contributed by atoms with E-state index in [0.717, 1.165) is 25.7 Å². The standard InChI is InChI=1S/C14H20O4/c1-7-3-4-9-13-11(17-8(2)15)6-5-10(12(7)13)18-14(9)16/h7,9-13H,3-6H2,1-2H3/t7-,9+,10+,11-,12+,13-/m0/s1. The van der Waals surface area contributed by atoms with E-state index < -0.39 is 0 Å². The van der Waals surface area contributed by atoms with Gasteiger partial charge in [-0.3, -0.25) is 9.59 Å². The lowest BCUT2D eigenvalue weighted by Crippen LogP contribution is -2.58. The Balaban J connectivity index is 1.90. The van der Waals surface area contributed by atoms with E-state index in [1.54, 1.807) is 0 Å². The van der Waals surface area contributed by atoms with Crippen LogP contribution in [-0.2, 0) is 19.1 Å². The van der Waals surface area contributed by atoms with Crippen molar-refractivity contribution in [3.8, 4) is 0 Å². The molecule has 0 radical (unpaired) electrons. The van der Waals surface area contributed by atoms with Gasteiger partial charge in [0.05, 0.1) is 5.92 Å². The van der Waals surface area contributed by atoms with Crippen LogP contribution in [0.15, 0.2) is 0 Å². The average Bonchev–Trinajstić information content (AvgIpc) is 2.30. The van der Waals surface area contributed by atoms with Crippen LogP contribution in [0.4, 0.5) is 0 Å². The van der Waals surface area contributed by atoms with Gasteiger partial charge in [-0.2, -0.15) is 0 Å². The molecule has 0 amide bonds. The van der Waals surface area contributed by atoms with E-state index in [4.69, 9.17) is 9.47 Å². The molecule has 0 aromatic heterocycles.